The molecule has 0 spiro atoms. The van der Waals surface area contributed by atoms with Gasteiger partial charge >= 0.3 is 0 Å². The lowest BCUT2D eigenvalue weighted by molar-refractivity contribution is -0.132. The molecule has 2 fully saturated rings. The molecule has 6 heteroatoms. The van der Waals surface area contributed by atoms with Crippen molar-refractivity contribution < 1.29 is 9.59 Å². The van der Waals surface area contributed by atoms with Crippen molar-refractivity contribution in [3.05, 3.63) is 29.8 Å². The van der Waals surface area contributed by atoms with Gasteiger partial charge in [-0.3, -0.25) is 9.59 Å². The molecule has 0 radical (unpaired) electrons. The Balaban J connectivity index is 1.66. The third kappa shape index (κ3) is 3.53. The smallest absolute Gasteiger partial charge is 0.279 e. The summed E-state index contributed by atoms with van der Waals surface area (Å²) in [6.45, 7) is 9.74. The first-order valence-electron chi connectivity index (χ1n) is 8.43. The van der Waals surface area contributed by atoms with Crippen LogP contribution >= 0.6 is 11.8 Å². The number of amides is 2. The summed E-state index contributed by atoms with van der Waals surface area (Å²) in [6, 6.07) is 8.18. The highest BCUT2D eigenvalue weighted by atomic mass is 32.2. The van der Waals surface area contributed by atoms with Gasteiger partial charge in [0.05, 0.1) is 0 Å². The van der Waals surface area contributed by atoms with E-state index in [0.29, 0.717) is 18.8 Å². The van der Waals surface area contributed by atoms with Crippen LogP contribution in [0.15, 0.2) is 24.3 Å². The number of piperazine rings is 1. The van der Waals surface area contributed by atoms with Crippen molar-refractivity contribution >= 4 is 28.6 Å². The molecule has 0 aliphatic carbocycles. The van der Waals surface area contributed by atoms with Crippen LogP contribution < -0.4 is 10.2 Å². The Labute approximate surface area is 147 Å². The summed E-state index contributed by atoms with van der Waals surface area (Å²) >= 11 is 1.19. The number of nitrogens with zero attached hydrogens (tertiary/aromatic N) is 2. The van der Waals surface area contributed by atoms with Gasteiger partial charge in [0.25, 0.3) is 5.24 Å². The van der Waals surface area contributed by atoms with Crippen LogP contribution in [-0.2, 0) is 10.2 Å². The van der Waals surface area contributed by atoms with E-state index >= 15 is 0 Å². The summed E-state index contributed by atoms with van der Waals surface area (Å²) < 4.78 is 0. The number of hydrogen-bond acceptors (Lipinski definition) is 4. The van der Waals surface area contributed by atoms with Crippen molar-refractivity contribution in [2.24, 2.45) is 0 Å². The molecule has 5 nitrogen and oxygen atoms in total. The van der Waals surface area contributed by atoms with E-state index in [4.69, 9.17) is 0 Å². The van der Waals surface area contributed by atoms with Gasteiger partial charge in [0, 0.05) is 37.6 Å². The summed E-state index contributed by atoms with van der Waals surface area (Å²) in [5, 5.41) is 2.65. The number of thioether (sulfide) groups is 1. The first-order valence-corrected chi connectivity index (χ1v) is 9.41. The fourth-order valence-corrected chi connectivity index (χ4v) is 4.06. The number of benzene rings is 1. The molecule has 0 aromatic heterocycles. The van der Waals surface area contributed by atoms with Gasteiger partial charge in [-0.25, -0.2) is 0 Å². The standard InChI is InChI=1S/C18H25N3O2S/c1-18(2,3)13-6-4-5-7-15(13)20-8-10-21(11-9-20)16(22)14-12-24-17(23)19-14/h4-7,14H,8-12H2,1-3H3,(H,19,23)/t14-/m0/s1. The molecule has 2 aliphatic rings. The number of anilines is 1. The van der Waals surface area contributed by atoms with Crippen LogP contribution in [0.5, 0.6) is 0 Å². The van der Waals surface area contributed by atoms with Gasteiger partial charge in [-0.15, -0.1) is 0 Å². The Morgan fingerprint density at radius 1 is 1.17 bits per heavy atom. The summed E-state index contributed by atoms with van der Waals surface area (Å²) in [4.78, 5) is 28.0. The fourth-order valence-electron chi connectivity index (χ4n) is 3.29. The average molecular weight is 347 g/mol. The minimum Gasteiger partial charge on any atom is -0.368 e. The molecule has 0 saturated carbocycles. The molecule has 3 rings (SSSR count). The molecule has 2 amide bonds. The third-order valence-electron chi connectivity index (χ3n) is 4.62. The lowest BCUT2D eigenvalue weighted by Crippen LogP contribution is -2.54. The van der Waals surface area contributed by atoms with E-state index in [9.17, 15) is 9.59 Å². The Bertz CT molecular complexity index is 633. The van der Waals surface area contributed by atoms with Gasteiger partial charge in [-0.2, -0.15) is 0 Å². The molecule has 1 aromatic rings. The van der Waals surface area contributed by atoms with E-state index in [2.05, 4.69) is 55.3 Å². The summed E-state index contributed by atoms with van der Waals surface area (Å²) in [6.07, 6.45) is 0. The van der Waals surface area contributed by atoms with Crippen LogP contribution in [0, 0.1) is 0 Å². The molecule has 2 saturated heterocycles. The predicted molar refractivity (Wildman–Crippen MR) is 98.7 cm³/mol. The normalized spacial score (nSPS) is 21.8. The summed E-state index contributed by atoms with van der Waals surface area (Å²) in [5.74, 6) is 0.599. The molecular formula is C18H25N3O2S. The van der Waals surface area contributed by atoms with Crippen LogP contribution in [0.3, 0.4) is 0 Å². The Kier molecular flexibility index (Phi) is 4.76. The molecule has 0 bridgehead atoms. The van der Waals surface area contributed by atoms with Crippen molar-refractivity contribution in [1.29, 1.82) is 0 Å². The van der Waals surface area contributed by atoms with Gasteiger partial charge in [-0.05, 0) is 17.0 Å². The molecule has 24 heavy (non-hydrogen) atoms. The maximum Gasteiger partial charge on any atom is 0.279 e. The monoisotopic (exact) mass is 347 g/mol. The van der Waals surface area contributed by atoms with Gasteiger partial charge < -0.3 is 15.1 Å². The number of hydrogen-bond donors (Lipinski definition) is 1. The molecule has 1 atom stereocenters. The van der Waals surface area contributed by atoms with Gasteiger partial charge in [0.15, 0.2) is 0 Å². The van der Waals surface area contributed by atoms with Crippen molar-refractivity contribution in [3.8, 4) is 0 Å². The number of rotatable bonds is 2. The molecule has 0 unspecified atom stereocenters. The maximum absolute atomic E-state index is 12.5. The molecule has 1 N–H and O–H groups in total. The van der Waals surface area contributed by atoms with E-state index in [0.717, 1.165) is 13.1 Å². The Hall–Kier alpha value is -1.69. The van der Waals surface area contributed by atoms with Crippen LogP contribution in [0.25, 0.3) is 0 Å². The van der Waals surface area contributed by atoms with Crippen molar-refractivity contribution in [2.75, 3.05) is 36.8 Å². The molecule has 1 aromatic carbocycles. The number of para-hydroxylation sites is 1. The first kappa shape index (κ1) is 17.1. The molecule has 130 valence electrons. The van der Waals surface area contributed by atoms with Crippen LogP contribution in [0.4, 0.5) is 10.5 Å². The second kappa shape index (κ2) is 6.67. The SMILES string of the molecule is CC(C)(C)c1ccccc1N1CCN(C(=O)[C@@H]2CSC(=O)N2)CC1. The van der Waals surface area contributed by atoms with E-state index in [1.54, 1.807) is 0 Å². The molecule has 2 aliphatic heterocycles. The zero-order chi connectivity index (χ0) is 17.3. The predicted octanol–water partition coefficient (Wildman–Crippen LogP) is 2.46. The van der Waals surface area contributed by atoms with E-state index < -0.39 is 0 Å². The van der Waals surface area contributed by atoms with Crippen LogP contribution in [0.1, 0.15) is 26.3 Å². The van der Waals surface area contributed by atoms with E-state index in [1.165, 1.54) is 23.0 Å². The highest BCUT2D eigenvalue weighted by Gasteiger charge is 2.33. The van der Waals surface area contributed by atoms with Crippen molar-refractivity contribution in [1.82, 2.24) is 10.2 Å². The third-order valence-corrected chi connectivity index (χ3v) is 5.50. The quantitative estimate of drug-likeness (QED) is 0.893. The lowest BCUT2D eigenvalue weighted by atomic mass is 9.85. The zero-order valence-corrected chi connectivity index (χ0v) is 15.4. The Morgan fingerprint density at radius 2 is 1.83 bits per heavy atom. The van der Waals surface area contributed by atoms with Crippen molar-refractivity contribution in [3.63, 3.8) is 0 Å². The largest absolute Gasteiger partial charge is 0.368 e. The topological polar surface area (TPSA) is 52.7 Å². The van der Waals surface area contributed by atoms with Gasteiger partial charge in [0.2, 0.25) is 5.91 Å². The van der Waals surface area contributed by atoms with Crippen LogP contribution in [0.2, 0.25) is 0 Å². The van der Waals surface area contributed by atoms with Gasteiger partial charge in [-0.1, -0.05) is 50.7 Å². The van der Waals surface area contributed by atoms with E-state index in [1.807, 2.05) is 4.90 Å². The zero-order valence-electron chi connectivity index (χ0n) is 14.5. The average Bonchev–Trinajstić information content (AvgIpc) is 3.00. The Morgan fingerprint density at radius 3 is 2.42 bits per heavy atom. The fraction of sp³-hybridized carbons (Fsp3) is 0.556. The lowest BCUT2D eigenvalue weighted by Gasteiger charge is -2.39. The minimum atomic E-state index is -0.351. The molecular weight excluding hydrogens is 322 g/mol. The van der Waals surface area contributed by atoms with Crippen molar-refractivity contribution in [2.45, 2.75) is 32.2 Å². The van der Waals surface area contributed by atoms with E-state index in [-0.39, 0.29) is 22.6 Å². The first-order chi connectivity index (χ1) is 11.4. The van der Waals surface area contributed by atoms with Crippen LogP contribution in [-0.4, -0.2) is 54.0 Å². The van der Waals surface area contributed by atoms with Gasteiger partial charge in [0.1, 0.15) is 6.04 Å². The summed E-state index contributed by atoms with van der Waals surface area (Å²) in [5.41, 5.74) is 2.69. The second-order valence-electron chi connectivity index (χ2n) is 7.37. The number of nitrogens with one attached hydrogen (secondary N) is 1. The number of carbonyl (C=O) groups excluding carboxylic acids is 2. The second-order valence-corrected chi connectivity index (χ2v) is 8.37. The highest BCUT2D eigenvalue weighted by molar-refractivity contribution is 8.14. The minimum absolute atomic E-state index is 0.0529. The summed E-state index contributed by atoms with van der Waals surface area (Å²) in [7, 11) is 0. The maximum atomic E-state index is 12.5. The number of carbonyl (C=O) groups is 2. The highest BCUT2D eigenvalue weighted by Crippen LogP contribution is 2.32. The molecule has 2 heterocycles.